The van der Waals surface area contributed by atoms with Crippen LogP contribution in [0.1, 0.15) is 38.5 Å². The Morgan fingerprint density at radius 2 is 2.19 bits per heavy atom. The summed E-state index contributed by atoms with van der Waals surface area (Å²) in [4.78, 5) is 2.60. The Hall–Kier alpha value is 0.210. The molecule has 0 spiro atoms. The molecule has 0 aromatic rings. The van der Waals surface area contributed by atoms with E-state index in [0.717, 1.165) is 18.4 Å². The van der Waals surface area contributed by atoms with Gasteiger partial charge in [0.15, 0.2) is 0 Å². The van der Waals surface area contributed by atoms with E-state index in [1.807, 2.05) is 0 Å². The van der Waals surface area contributed by atoms with E-state index in [1.165, 1.54) is 58.2 Å². The zero-order valence-corrected chi connectivity index (χ0v) is 10.9. The molecule has 0 amide bonds. The maximum atomic E-state index is 5.78. The lowest BCUT2D eigenvalue weighted by Gasteiger charge is -2.17. The van der Waals surface area contributed by atoms with E-state index in [2.05, 4.69) is 4.90 Å². The fourth-order valence-electron chi connectivity index (χ4n) is 2.92. The van der Waals surface area contributed by atoms with Gasteiger partial charge in [0.05, 0.1) is 6.10 Å². The summed E-state index contributed by atoms with van der Waals surface area (Å²) in [5.74, 6) is 1.69. The van der Waals surface area contributed by atoms with Crippen molar-refractivity contribution in [3.05, 3.63) is 0 Å². The molecule has 2 fully saturated rings. The summed E-state index contributed by atoms with van der Waals surface area (Å²) >= 11 is 5.78. The molecule has 0 aromatic carbocycles. The number of halogens is 1. The molecular formula is C13H24ClNO. The molecule has 0 N–H and O–H groups in total. The Bertz CT molecular complexity index is 194. The molecule has 3 heteroatoms. The first kappa shape index (κ1) is 12.7. The molecule has 2 aliphatic rings. The first-order chi connectivity index (χ1) is 7.88. The van der Waals surface area contributed by atoms with Gasteiger partial charge in [0, 0.05) is 19.0 Å². The zero-order chi connectivity index (χ0) is 11.2. The Balaban J connectivity index is 1.53. The van der Waals surface area contributed by atoms with Crippen LogP contribution in [0, 0.1) is 5.92 Å². The van der Waals surface area contributed by atoms with Crippen molar-refractivity contribution in [1.29, 1.82) is 0 Å². The first-order valence-corrected chi connectivity index (χ1v) is 7.32. The van der Waals surface area contributed by atoms with Gasteiger partial charge >= 0.3 is 0 Å². The number of alkyl halides is 1. The van der Waals surface area contributed by atoms with Gasteiger partial charge in [0.1, 0.15) is 0 Å². The minimum Gasteiger partial charge on any atom is -0.378 e. The molecule has 2 unspecified atom stereocenters. The highest BCUT2D eigenvalue weighted by Crippen LogP contribution is 2.21. The van der Waals surface area contributed by atoms with Gasteiger partial charge in [-0.3, -0.25) is 0 Å². The van der Waals surface area contributed by atoms with Crippen LogP contribution in [0.3, 0.4) is 0 Å². The molecule has 0 bridgehead atoms. The van der Waals surface area contributed by atoms with Gasteiger partial charge in [-0.2, -0.15) is 0 Å². The highest BCUT2D eigenvalue weighted by atomic mass is 35.5. The summed E-state index contributed by atoms with van der Waals surface area (Å²) in [5, 5.41) is 0. The molecule has 94 valence electrons. The van der Waals surface area contributed by atoms with Crippen molar-refractivity contribution in [3.63, 3.8) is 0 Å². The summed E-state index contributed by atoms with van der Waals surface area (Å²) in [6, 6.07) is 0. The molecule has 2 heterocycles. The normalized spacial score (nSPS) is 31.3. The van der Waals surface area contributed by atoms with E-state index >= 15 is 0 Å². The topological polar surface area (TPSA) is 12.5 Å². The van der Waals surface area contributed by atoms with Crippen LogP contribution in [0.15, 0.2) is 0 Å². The molecule has 0 radical (unpaired) electrons. The molecule has 2 aliphatic heterocycles. The van der Waals surface area contributed by atoms with Crippen LogP contribution in [0.2, 0.25) is 0 Å². The Morgan fingerprint density at radius 3 is 2.94 bits per heavy atom. The van der Waals surface area contributed by atoms with E-state index in [-0.39, 0.29) is 0 Å². The van der Waals surface area contributed by atoms with E-state index in [0.29, 0.717) is 6.10 Å². The van der Waals surface area contributed by atoms with Crippen LogP contribution < -0.4 is 0 Å². The van der Waals surface area contributed by atoms with Crippen molar-refractivity contribution in [2.45, 2.75) is 44.6 Å². The Morgan fingerprint density at radius 1 is 1.25 bits per heavy atom. The summed E-state index contributed by atoms with van der Waals surface area (Å²) in [6.07, 6.45) is 8.24. The monoisotopic (exact) mass is 245 g/mol. The second-order valence-electron chi connectivity index (χ2n) is 5.21. The number of hydrogen-bond acceptors (Lipinski definition) is 2. The third-order valence-electron chi connectivity index (χ3n) is 3.91. The minimum atomic E-state index is 0.571. The zero-order valence-electron chi connectivity index (χ0n) is 10.2. The van der Waals surface area contributed by atoms with Crippen LogP contribution >= 0.6 is 11.6 Å². The minimum absolute atomic E-state index is 0.571. The predicted molar refractivity (Wildman–Crippen MR) is 68.1 cm³/mol. The van der Waals surface area contributed by atoms with Gasteiger partial charge in [0.25, 0.3) is 0 Å². The molecule has 2 nitrogen and oxygen atoms in total. The third kappa shape index (κ3) is 3.90. The van der Waals surface area contributed by atoms with Crippen molar-refractivity contribution in [1.82, 2.24) is 4.90 Å². The molecule has 0 aliphatic carbocycles. The van der Waals surface area contributed by atoms with Crippen LogP contribution in [-0.4, -0.2) is 43.1 Å². The molecule has 2 atom stereocenters. The lowest BCUT2D eigenvalue weighted by Crippen LogP contribution is -2.23. The van der Waals surface area contributed by atoms with Gasteiger partial charge in [0.2, 0.25) is 0 Å². The molecule has 0 saturated carbocycles. The second-order valence-corrected chi connectivity index (χ2v) is 5.59. The van der Waals surface area contributed by atoms with Crippen molar-refractivity contribution in [2.24, 2.45) is 5.92 Å². The summed E-state index contributed by atoms with van der Waals surface area (Å²) < 4.78 is 5.64. The fraction of sp³-hybridized carbons (Fsp3) is 1.00. The van der Waals surface area contributed by atoms with E-state index < -0.39 is 0 Å². The SMILES string of the molecule is ClCCC1CCN(CCCC2CCCO2)C1. The summed E-state index contributed by atoms with van der Waals surface area (Å²) in [7, 11) is 0. The van der Waals surface area contributed by atoms with Gasteiger partial charge in [-0.25, -0.2) is 0 Å². The van der Waals surface area contributed by atoms with Crippen molar-refractivity contribution >= 4 is 11.6 Å². The van der Waals surface area contributed by atoms with Crippen molar-refractivity contribution in [2.75, 3.05) is 32.1 Å². The fourth-order valence-corrected chi connectivity index (χ4v) is 3.23. The van der Waals surface area contributed by atoms with Crippen LogP contribution in [0.4, 0.5) is 0 Å². The highest BCUT2D eigenvalue weighted by molar-refractivity contribution is 6.17. The quantitative estimate of drug-likeness (QED) is 0.668. The maximum absolute atomic E-state index is 5.78. The number of likely N-dealkylation sites (tertiary alicyclic amines) is 1. The Kier molecular flexibility index (Phi) is 5.40. The number of rotatable bonds is 6. The standard InChI is InChI=1S/C13H24ClNO/c14-7-5-12-6-9-15(11-12)8-1-3-13-4-2-10-16-13/h12-13H,1-11H2. The van der Waals surface area contributed by atoms with Gasteiger partial charge in [-0.15, -0.1) is 11.6 Å². The Labute approximate surface area is 104 Å². The van der Waals surface area contributed by atoms with E-state index in [4.69, 9.17) is 16.3 Å². The predicted octanol–water partition coefficient (Wildman–Crippen LogP) is 2.90. The largest absolute Gasteiger partial charge is 0.378 e. The van der Waals surface area contributed by atoms with Crippen LogP contribution in [-0.2, 0) is 4.74 Å². The number of hydrogen-bond donors (Lipinski definition) is 0. The molecule has 0 aromatic heterocycles. The van der Waals surface area contributed by atoms with E-state index in [9.17, 15) is 0 Å². The van der Waals surface area contributed by atoms with Crippen LogP contribution in [0.5, 0.6) is 0 Å². The molecule has 2 rings (SSSR count). The number of ether oxygens (including phenoxy) is 1. The first-order valence-electron chi connectivity index (χ1n) is 6.78. The van der Waals surface area contributed by atoms with Crippen molar-refractivity contribution in [3.8, 4) is 0 Å². The average Bonchev–Trinajstić information content (AvgIpc) is 2.90. The maximum Gasteiger partial charge on any atom is 0.0576 e. The smallest absolute Gasteiger partial charge is 0.0576 e. The number of nitrogens with zero attached hydrogens (tertiary/aromatic N) is 1. The lowest BCUT2D eigenvalue weighted by molar-refractivity contribution is 0.0995. The summed E-state index contributed by atoms with van der Waals surface area (Å²) in [6.45, 7) is 4.82. The van der Waals surface area contributed by atoms with Gasteiger partial charge in [-0.05, 0) is 57.5 Å². The van der Waals surface area contributed by atoms with Crippen LogP contribution in [0.25, 0.3) is 0 Å². The van der Waals surface area contributed by atoms with Crippen molar-refractivity contribution < 1.29 is 4.74 Å². The van der Waals surface area contributed by atoms with E-state index in [1.54, 1.807) is 0 Å². The third-order valence-corrected chi connectivity index (χ3v) is 4.13. The summed E-state index contributed by atoms with van der Waals surface area (Å²) in [5.41, 5.74) is 0. The lowest BCUT2D eigenvalue weighted by atomic mass is 10.1. The molecular weight excluding hydrogens is 222 g/mol. The average molecular weight is 246 g/mol. The highest BCUT2D eigenvalue weighted by Gasteiger charge is 2.22. The molecule has 16 heavy (non-hydrogen) atoms. The second kappa shape index (κ2) is 6.83. The van der Waals surface area contributed by atoms with Gasteiger partial charge in [-0.1, -0.05) is 0 Å². The molecule has 2 saturated heterocycles. The van der Waals surface area contributed by atoms with Gasteiger partial charge < -0.3 is 9.64 Å².